The Hall–Kier alpha value is -0.720. The molecule has 0 bridgehead atoms. The molecule has 18 heavy (non-hydrogen) atoms. The van der Waals surface area contributed by atoms with Crippen molar-refractivity contribution in [2.75, 3.05) is 37.6 Å². The van der Waals surface area contributed by atoms with Gasteiger partial charge in [0, 0.05) is 43.4 Å². The Balaban J connectivity index is 1.96. The van der Waals surface area contributed by atoms with E-state index in [9.17, 15) is 0 Å². The van der Waals surface area contributed by atoms with Crippen molar-refractivity contribution >= 4 is 39.0 Å². The van der Waals surface area contributed by atoms with E-state index < -0.39 is 0 Å². The fourth-order valence-corrected chi connectivity index (χ4v) is 2.45. The third kappa shape index (κ3) is 3.40. The van der Waals surface area contributed by atoms with E-state index in [-0.39, 0.29) is 0 Å². The highest BCUT2D eigenvalue weighted by Crippen LogP contribution is 2.20. The second-order valence-electron chi connectivity index (χ2n) is 4.52. The van der Waals surface area contributed by atoms with Gasteiger partial charge in [-0.15, -0.1) is 0 Å². The van der Waals surface area contributed by atoms with Crippen molar-refractivity contribution in [3.05, 3.63) is 22.3 Å². The minimum absolute atomic E-state index is 0.570. The molecule has 4 nitrogen and oxygen atoms in total. The molecule has 98 valence electrons. The Morgan fingerprint density at radius 3 is 2.67 bits per heavy atom. The number of hydrogen-bond donors (Lipinski definition) is 1. The number of aryl methyl sites for hydroxylation is 1. The smallest absolute Gasteiger partial charge is 0.128 e. The first-order chi connectivity index (χ1) is 8.56. The molecular weight excluding hydrogens is 312 g/mol. The van der Waals surface area contributed by atoms with Crippen molar-refractivity contribution < 1.29 is 0 Å². The second-order valence-corrected chi connectivity index (χ2v) is 5.90. The SMILES string of the molecule is Cc1cc(N2CCN(CC(N)=S)CC2)ncc1Br. The largest absolute Gasteiger partial charge is 0.392 e. The summed E-state index contributed by atoms with van der Waals surface area (Å²) in [7, 11) is 0. The van der Waals surface area contributed by atoms with Crippen LogP contribution in [0.15, 0.2) is 16.7 Å². The molecule has 1 aliphatic rings. The van der Waals surface area contributed by atoms with Gasteiger partial charge in [0.15, 0.2) is 0 Å². The molecule has 0 saturated carbocycles. The minimum Gasteiger partial charge on any atom is -0.392 e. The molecule has 2 rings (SSSR count). The molecule has 1 aromatic rings. The highest BCUT2D eigenvalue weighted by molar-refractivity contribution is 9.10. The van der Waals surface area contributed by atoms with Crippen LogP contribution in [-0.2, 0) is 0 Å². The van der Waals surface area contributed by atoms with Crippen LogP contribution in [-0.4, -0.2) is 47.6 Å². The van der Waals surface area contributed by atoms with Gasteiger partial charge in [-0.25, -0.2) is 4.98 Å². The van der Waals surface area contributed by atoms with Crippen molar-refractivity contribution in [2.45, 2.75) is 6.92 Å². The van der Waals surface area contributed by atoms with Crippen LogP contribution in [0.4, 0.5) is 5.82 Å². The van der Waals surface area contributed by atoms with Gasteiger partial charge in [-0.1, -0.05) is 12.2 Å². The fraction of sp³-hybridized carbons (Fsp3) is 0.500. The molecule has 0 spiro atoms. The number of nitrogens with zero attached hydrogens (tertiary/aromatic N) is 3. The van der Waals surface area contributed by atoms with Gasteiger partial charge >= 0.3 is 0 Å². The number of pyridine rings is 1. The van der Waals surface area contributed by atoms with Gasteiger partial charge in [-0.3, -0.25) is 4.90 Å². The normalized spacial score (nSPS) is 16.9. The molecule has 0 unspecified atom stereocenters. The van der Waals surface area contributed by atoms with E-state index in [1.807, 2.05) is 6.20 Å². The van der Waals surface area contributed by atoms with E-state index in [0.29, 0.717) is 4.99 Å². The number of anilines is 1. The monoisotopic (exact) mass is 328 g/mol. The maximum absolute atomic E-state index is 5.56. The van der Waals surface area contributed by atoms with Gasteiger partial charge < -0.3 is 10.6 Å². The quantitative estimate of drug-likeness (QED) is 0.853. The Labute approximate surface area is 121 Å². The Kier molecular flexibility index (Phi) is 4.53. The molecule has 0 aromatic carbocycles. The maximum Gasteiger partial charge on any atom is 0.128 e. The summed E-state index contributed by atoms with van der Waals surface area (Å²) < 4.78 is 1.05. The summed E-state index contributed by atoms with van der Waals surface area (Å²) in [5.74, 6) is 1.05. The highest BCUT2D eigenvalue weighted by atomic mass is 79.9. The van der Waals surface area contributed by atoms with Crippen LogP contribution in [0, 0.1) is 6.92 Å². The number of nitrogens with two attached hydrogens (primary N) is 1. The van der Waals surface area contributed by atoms with Crippen molar-refractivity contribution in [1.29, 1.82) is 0 Å². The van der Waals surface area contributed by atoms with Crippen LogP contribution in [0.5, 0.6) is 0 Å². The zero-order valence-electron chi connectivity index (χ0n) is 10.4. The average Bonchev–Trinajstić information content (AvgIpc) is 2.33. The van der Waals surface area contributed by atoms with Crippen LogP contribution in [0.3, 0.4) is 0 Å². The van der Waals surface area contributed by atoms with Crippen molar-refractivity contribution in [1.82, 2.24) is 9.88 Å². The van der Waals surface area contributed by atoms with Gasteiger partial charge in [0.2, 0.25) is 0 Å². The van der Waals surface area contributed by atoms with Crippen LogP contribution < -0.4 is 10.6 Å². The number of thiocarbonyl (C=S) groups is 1. The Morgan fingerprint density at radius 2 is 2.11 bits per heavy atom. The molecule has 1 aromatic heterocycles. The van der Waals surface area contributed by atoms with Crippen molar-refractivity contribution in [3.63, 3.8) is 0 Å². The minimum atomic E-state index is 0.570. The third-order valence-corrected chi connectivity index (χ3v) is 4.07. The molecule has 0 aliphatic carbocycles. The molecule has 0 amide bonds. The lowest BCUT2D eigenvalue weighted by atomic mass is 10.2. The van der Waals surface area contributed by atoms with E-state index in [2.05, 4.69) is 43.7 Å². The summed E-state index contributed by atoms with van der Waals surface area (Å²) >= 11 is 8.41. The molecular formula is C12H17BrN4S. The third-order valence-electron chi connectivity index (χ3n) is 3.11. The van der Waals surface area contributed by atoms with Gasteiger partial charge in [0.05, 0.1) is 4.99 Å². The number of hydrogen-bond acceptors (Lipinski definition) is 4. The van der Waals surface area contributed by atoms with E-state index in [1.165, 1.54) is 5.56 Å². The second kappa shape index (κ2) is 5.95. The molecule has 2 heterocycles. The van der Waals surface area contributed by atoms with Gasteiger partial charge in [-0.2, -0.15) is 0 Å². The topological polar surface area (TPSA) is 45.4 Å². The predicted octanol–water partition coefficient (Wildman–Crippen LogP) is 1.56. The summed E-state index contributed by atoms with van der Waals surface area (Å²) in [5, 5.41) is 0. The standard InChI is InChI=1S/C12H17BrN4S/c1-9-6-12(15-7-10(9)13)17-4-2-16(3-5-17)8-11(14)18/h6-7H,2-5,8H2,1H3,(H2,14,18). The lowest BCUT2D eigenvalue weighted by molar-refractivity contribution is 0.291. The number of piperazine rings is 1. The van der Waals surface area contributed by atoms with E-state index in [1.54, 1.807) is 0 Å². The van der Waals surface area contributed by atoms with E-state index in [0.717, 1.165) is 43.0 Å². The van der Waals surface area contributed by atoms with Gasteiger partial charge in [0.25, 0.3) is 0 Å². The summed E-state index contributed by atoms with van der Waals surface area (Å²) in [5.41, 5.74) is 6.78. The van der Waals surface area contributed by atoms with E-state index >= 15 is 0 Å². The first-order valence-corrected chi connectivity index (χ1v) is 7.14. The molecule has 1 fully saturated rings. The van der Waals surface area contributed by atoms with Crippen LogP contribution >= 0.6 is 28.1 Å². The first-order valence-electron chi connectivity index (χ1n) is 5.94. The van der Waals surface area contributed by atoms with Crippen molar-refractivity contribution in [2.24, 2.45) is 5.73 Å². The zero-order valence-corrected chi connectivity index (χ0v) is 12.8. The van der Waals surface area contributed by atoms with Crippen LogP contribution in [0.25, 0.3) is 0 Å². The fourth-order valence-electron chi connectivity index (χ4n) is 2.05. The molecule has 6 heteroatoms. The number of halogens is 1. The van der Waals surface area contributed by atoms with Gasteiger partial charge in [-0.05, 0) is 34.5 Å². The predicted molar refractivity (Wildman–Crippen MR) is 82.1 cm³/mol. The molecule has 0 atom stereocenters. The first kappa shape index (κ1) is 13.7. The van der Waals surface area contributed by atoms with E-state index in [4.69, 9.17) is 18.0 Å². The average molecular weight is 329 g/mol. The summed E-state index contributed by atoms with van der Waals surface area (Å²) in [4.78, 5) is 9.61. The Morgan fingerprint density at radius 1 is 1.44 bits per heavy atom. The highest BCUT2D eigenvalue weighted by Gasteiger charge is 2.18. The Bertz CT molecular complexity index is 444. The maximum atomic E-state index is 5.56. The van der Waals surface area contributed by atoms with Gasteiger partial charge in [0.1, 0.15) is 5.82 Å². The summed E-state index contributed by atoms with van der Waals surface area (Å²) in [6.07, 6.45) is 1.87. The molecule has 2 N–H and O–H groups in total. The molecule has 0 radical (unpaired) electrons. The lowest BCUT2D eigenvalue weighted by Gasteiger charge is -2.35. The number of rotatable bonds is 3. The number of aromatic nitrogens is 1. The van der Waals surface area contributed by atoms with Crippen LogP contribution in [0.1, 0.15) is 5.56 Å². The van der Waals surface area contributed by atoms with Crippen LogP contribution in [0.2, 0.25) is 0 Å². The molecule has 1 saturated heterocycles. The zero-order chi connectivity index (χ0) is 13.1. The summed E-state index contributed by atoms with van der Waals surface area (Å²) in [6, 6.07) is 2.12. The molecule has 1 aliphatic heterocycles. The lowest BCUT2D eigenvalue weighted by Crippen LogP contribution is -2.48. The summed E-state index contributed by atoms with van der Waals surface area (Å²) in [6.45, 7) is 6.70. The van der Waals surface area contributed by atoms with Crippen molar-refractivity contribution in [3.8, 4) is 0 Å².